The Morgan fingerprint density at radius 3 is 2.05 bits per heavy atom. The van der Waals surface area contributed by atoms with Gasteiger partial charge in [-0.3, -0.25) is 0 Å². The third-order valence-electron chi connectivity index (χ3n) is 7.51. The van der Waals surface area contributed by atoms with E-state index in [1.807, 2.05) is 97.9 Å². The van der Waals surface area contributed by atoms with Gasteiger partial charge in [-0.15, -0.1) is 0 Å². The van der Waals surface area contributed by atoms with Crippen LogP contribution in [-0.4, -0.2) is 41.2 Å². The molecule has 4 aromatic rings. The molecule has 1 aliphatic heterocycles. The second-order valence-corrected chi connectivity index (χ2v) is 11.0. The molecule has 0 bridgehead atoms. The zero-order chi connectivity index (χ0) is 29.5. The first-order valence-corrected chi connectivity index (χ1v) is 14.6. The maximum absolute atomic E-state index is 12.2. The molecule has 2 N–H and O–H groups in total. The van der Waals surface area contributed by atoms with Crippen molar-refractivity contribution in [2.45, 2.75) is 63.7 Å². The first-order valence-electron chi connectivity index (χ1n) is 14.3. The van der Waals surface area contributed by atoms with Crippen molar-refractivity contribution < 1.29 is 29.2 Å². The van der Waals surface area contributed by atoms with Crippen LogP contribution in [0.4, 0.5) is 0 Å². The van der Waals surface area contributed by atoms with E-state index in [1.165, 1.54) is 0 Å². The summed E-state index contributed by atoms with van der Waals surface area (Å²) in [6, 6.07) is 32.5. The summed E-state index contributed by atoms with van der Waals surface area (Å²) in [6.45, 7) is 4.78. The summed E-state index contributed by atoms with van der Waals surface area (Å²) in [4.78, 5) is 0. The van der Waals surface area contributed by atoms with E-state index in [-0.39, 0.29) is 13.2 Å². The number of ether oxygens (including phenoxy) is 4. The zero-order valence-electron chi connectivity index (χ0n) is 23.9. The van der Waals surface area contributed by atoms with Gasteiger partial charge in [0.25, 0.3) is 0 Å². The highest BCUT2D eigenvalue weighted by Crippen LogP contribution is 2.41. The van der Waals surface area contributed by atoms with Crippen LogP contribution in [0.5, 0.6) is 5.75 Å². The van der Waals surface area contributed by atoms with Crippen LogP contribution in [0.15, 0.2) is 103 Å². The molecule has 0 amide bonds. The lowest BCUT2D eigenvalue weighted by Crippen LogP contribution is -2.63. The van der Waals surface area contributed by atoms with Crippen LogP contribution in [-0.2, 0) is 39.6 Å². The molecule has 0 spiro atoms. The molecule has 0 aliphatic carbocycles. The maximum atomic E-state index is 12.2. The number of benzene rings is 4. The van der Waals surface area contributed by atoms with Gasteiger partial charge in [-0.25, -0.2) is 0 Å². The number of hydrogen-bond acceptors (Lipinski definition) is 6. The second kappa shape index (κ2) is 13.8. The van der Waals surface area contributed by atoms with Gasteiger partial charge in [0.15, 0.2) is 0 Å². The monoisotopic (exact) mass is 588 g/mol. The maximum Gasteiger partial charge on any atom is 0.222 e. The van der Waals surface area contributed by atoms with E-state index in [0.29, 0.717) is 23.6 Å². The van der Waals surface area contributed by atoms with Crippen molar-refractivity contribution in [1.29, 1.82) is 0 Å². The van der Waals surface area contributed by atoms with Crippen LogP contribution in [0.1, 0.15) is 41.7 Å². The molecule has 220 valence electrons. The van der Waals surface area contributed by atoms with E-state index in [1.54, 1.807) is 19.1 Å². The van der Waals surface area contributed by atoms with Gasteiger partial charge in [0.2, 0.25) is 5.79 Å². The van der Waals surface area contributed by atoms with Crippen molar-refractivity contribution in [3.63, 3.8) is 0 Å². The Morgan fingerprint density at radius 1 is 0.810 bits per heavy atom. The third-order valence-corrected chi connectivity index (χ3v) is 7.88. The van der Waals surface area contributed by atoms with Crippen LogP contribution < -0.4 is 4.74 Å². The predicted octanol–water partition coefficient (Wildman–Crippen LogP) is 6.43. The molecular formula is C35H37ClO6. The van der Waals surface area contributed by atoms with Crippen LogP contribution >= 0.6 is 11.6 Å². The van der Waals surface area contributed by atoms with E-state index in [0.717, 1.165) is 28.0 Å². The number of rotatable bonds is 11. The Bertz CT molecular complexity index is 1410. The molecule has 1 saturated heterocycles. The Morgan fingerprint density at radius 2 is 1.43 bits per heavy atom. The van der Waals surface area contributed by atoms with Crippen LogP contribution in [0.25, 0.3) is 0 Å². The minimum Gasteiger partial charge on any atom is -0.494 e. The van der Waals surface area contributed by atoms with E-state index >= 15 is 0 Å². The summed E-state index contributed by atoms with van der Waals surface area (Å²) in [5, 5.41) is 24.4. The molecule has 42 heavy (non-hydrogen) atoms. The molecule has 4 aromatic carbocycles. The van der Waals surface area contributed by atoms with Gasteiger partial charge in [0.05, 0.1) is 25.9 Å². The van der Waals surface area contributed by atoms with Gasteiger partial charge in [-0.2, -0.15) is 0 Å². The Kier molecular flexibility index (Phi) is 9.95. The summed E-state index contributed by atoms with van der Waals surface area (Å²) in [5.41, 5.74) is 4.16. The highest BCUT2D eigenvalue weighted by atomic mass is 35.5. The Hall–Kier alpha value is -3.23. The first kappa shape index (κ1) is 30.2. The summed E-state index contributed by atoms with van der Waals surface area (Å²) in [5.74, 6) is -1.16. The van der Waals surface area contributed by atoms with Crippen LogP contribution in [0.2, 0.25) is 5.02 Å². The summed E-state index contributed by atoms with van der Waals surface area (Å²) < 4.78 is 24.3. The molecule has 0 saturated carbocycles. The quantitative estimate of drug-likeness (QED) is 0.210. The van der Waals surface area contributed by atoms with Gasteiger partial charge in [-0.05, 0) is 66.8 Å². The Labute approximate surface area is 252 Å². The molecule has 1 aliphatic rings. The molecular weight excluding hydrogens is 552 g/mol. The molecule has 7 heteroatoms. The number of aliphatic hydroxyl groups is 2. The number of hydrogen-bond donors (Lipinski definition) is 2. The highest BCUT2D eigenvalue weighted by Gasteiger charge is 2.55. The van der Waals surface area contributed by atoms with Crippen molar-refractivity contribution in [3.05, 3.63) is 136 Å². The number of aliphatic hydroxyl groups excluding tert-OH is 1. The SMILES string of the molecule is CCOc1ccc(Cc2cc(C3(O)OC(C)C(OCc4ccccc4)C(O)C3OCc3ccccc3)ccc2Cl)cc1. The molecule has 5 atom stereocenters. The average Bonchev–Trinajstić information content (AvgIpc) is 3.00. The fourth-order valence-electron chi connectivity index (χ4n) is 5.33. The Balaban J connectivity index is 1.42. The molecule has 1 heterocycles. The topological polar surface area (TPSA) is 77.4 Å². The average molecular weight is 589 g/mol. The van der Waals surface area contributed by atoms with Crippen molar-refractivity contribution >= 4 is 11.6 Å². The van der Waals surface area contributed by atoms with Crippen molar-refractivity contribution in [2.24, 2.45) is 0 Å². The lowest BCUT2D eigenvalue weighted by molar-refractivity contribution is -0.366. The van der Waals surface area contributed by atoms with Gasteiger partial charge in [-0.1, -0.05) is 90.5 Å². The van der Waals surface area contributed by atoms with Gasteiger partial charge in [0, 0.05) is 10.6 Å². The standard InChI is InChI=1S/C35H37ClO6/c1-3-39-30-17-14-25(15-18-30)20-28-21-29(16-19-31(28)36)35(38)34(41-23-27-12-8-5-9-13-27)32(37)33(24(2)42-35)40-22-26-10-6-4-7-11-26/h4-19,21,24,32-34,37-38H,3,20,22-23H2,1-2H3. The van der Waals surface area contributed by atoms with Crippen LogP contribution in [0, 0.1) is 0 Å². The van der Waals surface area contributed by atoms with E-state index in [4.69, 9.17) is 30.5 Å². The molecule has 6 nitrogen and oxygen atoms in total. The smallest absolute Gasteiger partial charge is 0.222 e. The predicted molar refractivity (Wildman–Crippen MR) is 162 cm³/mol. The molecule has 0 radical (unpaired) electrons. The normalized spacial score (nSPS) is 23.9. The van der Waals surface area contributed by atoms with Gasteiger partial charge >= 0.3 is 0 Å². The lowest BCUT2D eigenvalue weighted by atomic mass is 9.87. The molecule has 5 rings (SSSR count). The van der Waals surface area contributed by atoms with Crippen LogP contribution in [0.3, 0.4) is 0 Å². The fourth-order valence-corrected chi connectivity index (χ4v) is 5.51. The molecule has 5 unspecified atom stereocenters. The van der Waals surface area contributed by atoms with Crippen molar-refractivity contribution in [3.8, 4) is 5.75 Å². The van der Waals surface area contributed by atoms with Crippen molar-refractivity contribution in [1.82, 2.24) is 0 Å². The minimum atomic E-state index is -1.96. The summed E-state index contributed by atoms with van der Waals surface area (Å²) in [6.07, 6.45) is -3.17. The minimum absolute atomic E-state index is 0.167. The molecule has 1 fully saturated rings. The molecule has 0 aromatic heterocycles. The van der Waals surface area contributed by atoms with E-state index < -0.39 is 30.2 Å². The van der Waals surface area contributed by atoms with Gasteiger partial charge < -0.3 is 29.2 Å². The largest absolute Gasteiger partial charge is 0.494 e. The second-order valence-electron chi connectivity index (χ2n) is 10.5. The van der Waals surface area contributed by atoms with E-state index in [9.17, 15) is 10.2 Å². The highest BCUT2D eigenvalue weighted by molar-refractivity contribution is 6.31. The lowest BCUT2D eigenvalue weighted by Gasteiger charge is -2.48. The third kappa shape index (κ3) is 7.04. The first-order chi connectivity index (χ1) is 20.4. The number of halogens is 1. The summed E-state index contributed by atoms with van der Waals surface area (Å²) >= 11 is 6.62. The summed E-state index contributed by atoms with van der Waals surface area (Å²) in [7, 11) is 0. The zero-order valence-corrected chi connectivity index (χ0v) is 24.6. The van der Waals surface area contributed by atoms with E-state index in [2.05, 4.69) is 0 Å². The fraction of sp³-hybridized carbons (Fsp3) is 0.314. The van der Waals surface area contributed by atoms with Gasteiger partial charge in [0.1, 0.15) is 24.1 Å². The van der Waals surface area contributed by atoms with Crippen molar-refractivity contribution in [2.75, 3.05) is 6.61 Å².